The minimum atomic E-state index is -0.619. The largest absolute Gasteiger partial charge is 0.383 e. The number of nitrogens with two attached hydrogens (primary N) is 1. The van der Waals surface area contributed by atoms with E-state index in [1.165, 1.54) is 12.8 Å². The molecule has 1 amide bonds. The van der Waals surface area contributed by atoms with Crippen molar-refractivity contribution in [3.05, 3.63) is 27.9 Å². The molecule has 0 spiro atoms. The van der Waals surface area contributed by atoms with Gasteiger partial charge < -0.3 is 15.8 Å². The Hall–Kier alpha value is -2.22. The second-order valence-corrected chi connectivity index (χ2v) is 4.92. The van der Waals surface area contributed by atoms with Crippen molar-refractivity contribution < 1.29 is 14.5 Å². The maximum atomic E-state index is 11.9. The molecule has 0 atom stereocenters. The van der Waals surface area contributed by atoms with Gasteiger partial charge in [0.15, 0.2) is 0 Å². The lowest BCUT2D eigenvalue weighted by Crippen LogP contribution is -2.29. The number of ether oxygens (including phenoxy) is 1. The van der Waals surface area contributed by atoms with E-state index in [-0.39, 0.29) is 23.2 Å². The maximum absolute atomic E-state index is 11.9. The standard InChI is InChI=1S/C13H18N4O4/c14-12-11(7-9(8-16-12)17(19)20)13(18)15-5-6-21-10-3-1-2-4-10/h7-8,10H,1-6H2,(H2,14,16)(H,15,18). The van der Waals surface area contributed by atoms with Gasteiger partial charge in [0.25, 0.3) is 11.6 Å². The van der Waals surface area contributed by atoms with Gasteiger partial charge in [0.2, 0.25) is 0 Å². The average Bonchev–Trinajstić information content (AvgIpc) is 2.96. The normalized spacial score (nSPS) is 15.0. The Bertz CT molecular complexity index is 529. The predicted molar refractivity (Wildman–Crippen MR) is 75.8 cm³/mol. The topological polar surface area (TPSA) is 120 Å². The first-order chi connectivity index (χ1) is 10.1. The zero-order chi connectivity index (χ0) is 15.2. The highest BCUT2D eigenvalue weighted by Crippen LogP contribution is 2.20. The zero-order valence-corrected chi connectivity index (χ0v) is 11.6. The Labute approximate surface area is 121 Å². The van der Waals surface area contributed by atoms with Crippen LogP contribution < -0.4 is 11.1 Å². The summed E-state index contributed by atoms with van der Waals surface area (Å²) in [6.07, 6.45) is 5.81. The average molecular weight is 294 g/mol. The number of carbonyl (C=O) groups excluding carboxylic acids is 1. The van der Waals surface area contributed by atoms with Gasteiger partial charge in [-0.05, 0) is 12.8 Å². The van der Waals surface area contributed by atoms with E-state index in [0.29, 0.717) is 13.2 Å². The fourth-order valence-electron chi connectivity index (χ4n) is 2.29. The molecule has 0 aliphatic heterocycles. The van der Waals surface area contributed by atoms with E-state index in [1.54, 1.807) is 0 Å². The summed E-state index contributed by atoms with van der Waals surface area (Å²) >= 11 is 0. The lowest BCUT2D eigenvalue weighted by Gasteiger charge is -2.11. The first kappa shape index (κ1) is 15.2. The van der Waals surface area contributed by atoms with Crippen molar-refractivity contribution in [1.29, 1.82) is 0 Å². The van der Waals surface area contributed by atoms with Gasteiger partial charge in [-0.15, -0.1) is 0 Å². The molecule has 8 nitrogen and oxygen atoms in total. The molecular weight excluding hydrogens is 276 g/mol. The molecule has 1 heterocycles. The minimum Gasteiger partial charge on any atom is -0.383 e. The fraction of sp³-hybridized carbons (Fsp3) is 0.538. The van der Waals surface area contributed by atoms with Gasteiger partial charge in [-0.25, -0.2) is 4.98 Å². The van der Waals surface area contributed by atoms with Crippen LogP contribution in [0.5, 0.6) is 0 Å². The number of amides is 1. The number of carbonyl (C=O) groups is 1. The number of nitrogens with one attached hydrogen (secondary N) is 1. The minimum absolute atomic E-state index is 0.00469. The molecule has 2 rings (SSSR count). The van der Waals surface area contributed by atoms with E-state index in [1.807, 2.05) is 0 Å². The van der Waals surface area contributed by atoms with Crippen LogP contribution in [0.25, 0.3) is 0 Å². The Kier molecular flexibility index (Phi) is 5.04. The van der Waals surface area contributed by atoms with Crippen LogP contribution in [0.4, 0.5) is 11.5 Å². The third kappa shape index (κ3) is 4.12. The van der Waals surface area contributed by atoms with Gasteiger partial charge in [-0.2, -0.15) is 0 Å². The van der Waals surface area contributed by atoms with Crippen LogP contribution >= 0.6 is 0 Å². The van der Waals surface area contributed by atoms with Crippen molar-refractivity contribution in [3.63, 3.8) is 0 Å². The van der Waals surface area contributed by atoms with Crippen molar-refractivity contribution in [3.8, 4) is 0 Å². The highest BCUT2D eigenvalue weighted by molar-refractivity contribution is 5.98. The van der Waals surface area contributed by atoms with Crippen molar-refractivity contribution in [2.24, 2.45) is 0 Å². The molecule has 0 aromatic carbocycles. The number of nitrogens with zero attached hydrogens (tertiary/aromatic N) is 2. The van der Waals surface area contributed by atoms with Crippen molar-refractivity contribution in [2.45, 2.75) is 31.8 Å². The second-order valence-electron chi connectivity index (χ2n) is 4.92. The zero-order valence-electron chi connectivity index (χ0n) is 11.6. The first-order valence-electron chi connectivity index (χ1n) is 6.87. The number of hydrogen-bond acceptors (Lipinski definition) is 6. The van der Waals surface area contributed by atoms with E-state index in [2.05, 4.69) is 10.3 Å². The highest BCUT2D eigenvalue weighted by atomic mass is 16.6. The van der Waals surface area contributed by atoms with E-state index in [0.717, 1.165) is 25.1 Å². The number of nitro groups is 1. The summed E-state index contributed by atoms with van der Waals surface area (Å²) in [7, 11) is 0. The summed E-state index contributed by atoms with van der Waals surface area (Å²) in [5.74, 6) is -0.520. The van der Waals surface area contributed by atoms with Gasteiger partial charge in [0.1, 0.15) is 12.0 Å². The van der Waals surface area contributed by atoms with Crippen LogP contribution in [0.2, 0.25) is 0 Å². The van der Waals surface area contributed by atoms with Crippen molar-refractivity contribution >= 4 is 17.4 Å². The predicted octanol–water partition coefficient (Wildman–Crippen LogP) is 1.26. The van der Waals surface area contributed by atoms with Gasteiger partial charge in [0.05, 0.1) is 23.2 Å². The highest BCUT2D eigenvalue weighted by Gasteiger charge is 2.17. The molecule has 21 heavy (non-hydrogen) atoms. The van der Waals surface area contributed by atoms with Gasteiger partial charge in [-0.3, -0.25) is 14.9 Å². The Morgan fingerprint density at radius 2 is 2.24 bits per heavy atom. The number of nitrogen functional groups attached to an aromatic ring is 1. The van der Waals surface area contributed by atoms with E-state index >= 15 is 0 Å². The van der Waals surface area contributed by atoms with E-state index in [4.69, 9.17) is 10.5 Å². The molecule has 114 valence electrons. The maximum Gasteiger partial charge on any atom is 0.288 e. The quantitative estimate of drug-likeness (QED) is 0.463. The molecule has 3 N–H and O–H groups in total. The Balaban J connectivity index is 1.84. The molecule has 1 saturated carbocycles. The van der Waals surface area contributed by atoms with Crippen LogP contribution in [0, 0.1) is 10.1 Å². The van der Waals surface area contributed by atoms with Crippen molar-refractivity contribution in [2.75, 3.05) is 18.9 Å². The second kappa shape index (κ2) is 6.98. The van der Waals surface area contributed by atoms with E-state index in [9.17, 15) is 14.9 Å². The fourth-order valence-corrected chi connectivity index (χ4v) is 2.29. The number of pyridine rings is 1. The molecule has 1 fully saturated rings. The number of hydrogen-bond donors (Lipinski definition) is 2. The summed E-state index contributed by atoms with van der Waals surface area (Å²) in [6, 6.07) is 1.12. The Morgan fingerprint density at radius 3 is 2.90 bits per heavy atom. The van der Waals surface area contributed by atoms with Crippen LogP contribution in [0.3, 0.4) is 0 Å². The van der Waals surface area contributed by atoms with Crippen LogP contribution in [-0.2, 0) is 4.74 Å². The number of rotatable bonds is 6. The summed E-state index contributed by atoms with van der Waals surface area (Å²) in [5.41, 5.74) is 5.31. The molecular formula is C13H18N4O4. The van der Waals surface area contributed by atoms with Crippen LogP contribution in [-0.4, -0.2) is 35.1 Å². The summed E-state index contributed by atoms with van der Waals surface area (Å²) in [6.45, 7) is 0.746. The van der Waals surface area contributed by atoms with E-state index < -0.39 is 10.8 Å². The van der Waals surface area contributed by atoms with Crippen LogP contribution in [0.1, 0.15) is 36.0 Å². The lowest BCUT2D eigenvalue weighted by molar-refractivity contribution is -0.385. The summed E-state index contributed by atoms with van der Waals surface area (Å²) in [5, 5.41) is 13.3. The molecule has 0 saturated heterocycles. The molecule has 1 aliphatic rings. The van der Waals surface area contributed by atoms with Crippen LogP contribution in [0.15, 0.2) is 12.3 Å². The SMILES string of the molecule is Nc1ncc([N+](=O)[O-])cc1C(=O)NCCOC1CCCC1. The monoisotopic (exact) mass is 294 g/mol. The number of aromatic nitrogens is 1. The molecule has 0 radical (unpaired) electrons. The van der Waals surface area contributed by atoms with Gasteiger partial charge >= 0.3 is 0 Å². The lowest BCUT2D eigenvalue weighted by atomic mass is 10.2. The molecule has 1 aromatic rings. The Morgan fingerprint density at radius 1 is 1.52 bits per heavy atom. The van der Waals surface area contributed by atoms with Crippen molar-refractivity contribution in [1.82, 2.24) is 10.3 Å². The molecule has 1 aromatic heterocycles. The number of anilines is 1. The third-order valence-corrected chi connectivity index (χ3v) is 3.40. The smallest absolute Gasteiger partial charge is 0.288 e. The van der Waals surface area contributed by atoms with Gasteiger partial charge in [0, 0.05) is 12.6 Å². The first-order valence-corrected chi connectivity index (χ1v) is 6.87. The summed E-state index contributed by atoms with van der Waals surface area (Å²) in [4.78, 5) is 25.6. The van der Waals surface area contributed by atoms with Gasteiger partial charge in [-0.1, -0.05) is 12.8 Å². The molecule has 1 aliphatic carbocycles. The molecule has 8 heteroatoms. The third-order valence-electron chi connectivity index (χ3n) is 3.40. The molecule has 0 unspecified atom stereocenters. The molecule has 0 bridgehead atoms. The summed E-state index contributed by atoms with van der Waals surface area (Å²) < 4.78 is 5.61.